The molecule has 0 radical (unpaired) electrons. The van der Waals surface area contributed by atoms with Gasteiger partial charge in [0.15, 0.2) is 6.29 Å². The van der Waals surface area contributed by atoms with Crippen LogP contribution in [0.4, 0.5) is 0 Å². The number of aldehydes is 1. The lowest BCUT2D eigenvalue weighted by molar-refractivity contribution is 0.112. The van der Waals surface area contributed by atoms with E-state index in [0.717, 1.165) is 23.0 Å². The third-order valence-electron chi connectivity index (χ3n) is 1.84. The first-order chi connectivity index (χ1) is 5.81. The predicted molar refractivity (Wildman–Crippen MR) is 46.2 cm³/mol. The Bertz CT molecular complexity index is 431. The van der Waals surface area contributed by atoms with E-state index in [1.54, 1.807) is 6.20 Å². The highest BCUT2D eigenvalue weighted by atomic mass is 16.1. The number of nitrogens with zero attached hydrogens (tertiary/aromatic N) is 1. The van der Waals surface area contributed by atoms with E-state index in [4.69, 9.17) is 0 Å². The minimum Gasteiger partial charge on any atom is -0.345 e. The molecule has 0 saturated heterocycles. The number of aromatic nitrogens is 2. The van der Waals surface area contributed by atoms with Gasteiger partial charge >= 0.3 is 0 Å². The number of nitrogens with one attached hydrogen (secondary N) is 1. The number of hydrogen-bond donors (Lipinski definition) is 1. The summed E-state index contributed by atoms with van der Waals surface area (Å²) in [6, 6.07) is 3.79. The van der Waals surface area contributed by atoms with E-state index in [1.165, 1.54) is 0 Å². The van der Waals surface area contributed by atoms with Crippen molar-refractivity contribution >= 4 is 17.3 Å². The Balaban J connectivity index is 2.81. The Labute approximate surface area is 69.4 Å². The fraction of sp³-hybridized carbons (Fsp3) is 0.111. The maximum absolute atomic E-state index is 10.5. The Morgan fingerprint density at radius 2 is 2.33 bits per heavy atom. The zero-order valence-corrected chi connectivity index (χ0v) is 6.66. The van der Waals surface area contributed by atoms with Crippen LogP contribution in [-0.4, -0.2) is 16.3 Å². The van der Waals surface area contributed by atoms with Gasteiger partial charge in [0.05, 0.1) is 0 Å². The van der Waals surface area contributed by atoms with Crippen LogP contribution in [0.2, 0.25) is 0 Å². The zero-order valence-electron chi connectivity index (χ0n) is 6.66. The van der Waals surface area contributed by atoms with Crippen LogP contribution in [-0.2, 0) is 0 Å². The van der Waals surface area contributed by atoms with Gasteiger partial charge in [0.1, 0.15) is 5.65 Å². The van der Waals surface area contributed by atoms with Crippen LogP contribution in [0.5, 0.6) is 0 Å². The van der Waals surface area contributed by atoms with Gasteiger partial charge in [-0.2, -0.15) is 0 Å². The van der Waals surface area contributed by atoms with Crippen molar-refractivity contribution in [3.05, 3.63) is 29.6 Å². The van der Waals surface area contributed by atoms with Gasteiger partial charge in [0.25, 0.3) is 0 Å². The van der Waals surface area contributed by atoms with Gasteiger partial charge in [-0.1, -0.05) is 0 Å². The minimum absolute atomic E-state index is 0.664. The topological polar surface area (TPSA) is 45.8 Å². The molecule has 0 aliphatic heterocycles. The maximum Gasteiger partial charge on any atom is 0.152 e. The standard InChI is InChI=1S/C9H8N2O/c1-6-2-3-8-7(5-12)4-10-9(8)11-6/h2-5H,1H3,(H,10,11). The number of fused-ring (bicyclic) bond motifs is 1. The van der Waals surface area contributed by atoms with Crippen LogP contribution < -0.4 is 0 Å². The number of H-pyrrole nitrogens is 1. The molecule has 0 aliphatic rings. The number of carbonyl (C=O) groups excluding carboxylic acids is 1. The molecular formula is C9H8N2O. The highest BCUT2D eigenvalue weighted by Crippen LogP contribution is 2.14. The number of aromatic amines is 1. The maximum atomic E-state index is 10.5. The molecule has 0 spiro atoms. The molecule has 0 aromatic carbocycles. The number of rotatable bonds is 1. The smallest absolute Gasteiger partial charge is 0.152 e. The first-order valence-corrected chi connectivity index (χ1v) is 3.71. The van der Waals surface area contributed by atoms with E-state index in [9.17, 15) is 4.79 Å². The molecule has 0 unspecified atom stereocenters. The Kier molecular flexibility index (Phi) is 1.43. The van der Waals surface area contributed by atoms with Crippen molar-refractivity contribution in [1.29, 1.82) is 0 Å². The van der Waals surface area contributed by atoms with Gasteiger partial charge in [0.2, 0.25) is 0 Å². The Morgan fingerprint density at radius 3 is 3.08 bits per heavy atom. The normalized spacial score (nSPS) is 10.4. The van der Waals surface area contributed by atoms with Crippen molar-refractivity contribution in [3.8, 4) is 0 Å². The minimum atomic E-state index is 0.664. The lowest BCUT2D eigenvalue weighted by Crippen LogP contribution is -1.81. The second-order valence-corrected chi connectivity index (χ2v) is 2.71. The van der Waals surface area contributed by atoms with Crippen LogP contribution in [0, 0.1) is 6.92 Å². The summed E-state index contributed by atoms with van der Waals surface area (Å²) in [5.41, 5.74) is 2.39. The molecule has 0 saturated carbocycles. The molecule has 0 amide bonds. The summed E-state index contributed by atoms with van der Waals surface area (Å²) in [4.78, 5) is 17.7. The van der Waals surface area contributed by atoms with Crippen LogP contribution in [0.3, 0.4) is 0 Å². The van der Waals surface area contributed by atoms with Crippen molar-refractivity contribution < 1.29 is 4.79 Å². The van der Waals surface area contributed by atoms with Gasteiger partial charge in [-0.25, -0.2) is 4.98 Å². The van der Waals surface area contributed by atoms with E-state index < -0.39 is 0 Å². The summed E-state index contributed by atoms with van der Waals surface area (Å²) >= 11 is 0. The van der Waals surface area contributed by atoms with Crippen molar-refractivity contribution in [2.24, 2.45) is 0 Å². The third kappa shape index (κ3) is 0.906. The quantitative estimate of drug-likeness (QED) is 0.645. The van der Waals surface area contributed by atoms with Crippen molar-refractivity contribution in [2.75, 3.05) is 0 Å². The average Bonchev–Trinajstić information content (AvgIpc) is 2.46. The molecule has 3 nitrogen and oxygen atoms in total. The molecule has 2 aromatic rings. The molecule has 1 N–H and O–H groups in total. The van der Waals surface area contributed by atoms with E-state index in [2.05, 4.69) is 9.97 Å². The third-order valence-corrected chi connectivity index (χ3v) is 1.84. The number of hydrogen-bond acceptors (Lipinski definition) is 2. The van der Waals surface area contributed by atoms with Crippen molar-refractivity contribution in [2.45, 2.75) is 6.92 Å². The largest absolute Gasteiger partial charge is 0.345 e. The van der Waals surface area contributed by atoms with Crippen LogP contribution >= 0.6 is 0 Å². The molecule has 3 heteroatoms. The van der Waals surface area contributed by atoms with Crippen LogP contribution in [0.1, 0.15) is 16.1 Å². The van der Waals surface area contributed by atoms with E-state index in [1.807, 2.05) is 19.1 Å². The molecule has 0 bridgehead atoms. The van der Waals surface area contributed by atoms with Crippen LogP contribution in [0.15, 0.2) is 18.3 Å². The van der Waals surface area contributed by atoms with Gasteiger partial charge in [-0.3, -0.25) is 4.79 Å². The number of aryl methyl sites for hydroxylation is 1. The zero-order chi connectivity index (χ0) is 8.55. The monoisotopic (exact) mass is 160 g/mol. The molecule has 2 aromatic heterocycles. The summed E-state index contributed by atoms with van der Waals surface area (Å²) < 4.78 is 0. The van der Waals surface area contributed by atoms with E-state index >= 15 is 0 Å². The van der Waals surface area contributed by atoms with Crippen LogP contribution in [0.25, 0.3) is 11.0 Å². The average molecular weight is 160 g/mol. The summed E-state index contributed by atoms with van der Waals surface area (Å²) in [5, 5.41) is 0.885. The van der Waals surface area contributed by atoms with E-state index in [-0.39, 0.29) is 0 Å². The molecule has 0 atom stereocenters. The van der Waals surface area contributed by atoms with E-state index in [0.29, 0.717) is 5.56 Å². The SMILES string of the molecule is Cc1ccc2c(C=O)c[nH]c2n1. The first-order valence-electron chi connectivity index (χ1n) is 3.71. The second kappa shape index (κ2) is 2.44. The summed E-state index contributed by atoms with van der Waals surface area (Å²) in [6.07, 6.45) is 2.50. The summed E-state index contributed by atoms with van der Waals surface area (Å²) in [6.45, 7) is 1.92. The Morgan fingerprint density at radius 1 is 1.50 bits per heavy atom. The molecule has 2 rings (SSSR count). The molecule has 2 heterocycles. The Hall–Kier alpha value is -1.64. The lowest BCUT2D eigenvalue weighted by atomic mass is 10.2. The predicted octanol–water partition coefficient (Wildman–Crippen LogP) is 1.68. The second-order valence-electron chi connectivity index (χ2n) is 2.71. The molecule has 12 heavy (non-hydrogen) atoms. The van der Waals surface area contributed by atoms with Crippen molar-refractivity contribution in [1.82, 2.24) is 9.97 Å². The van der Waals surface area contributed by atoms with Gasteiger partial charge in [-0.15, -0.1) is 0 Å². The number of carbonyl (C=O) groups is 1. The fourth-order valence-electron chi connectivity index (χ4n) is 1.22. The molecular weight excluding hydrogens is 152 g/mol. The van der Waals surface area contributed by atoms with Gasteiger partial charge < -0.3 is 4.98 Å². The molecule has 60 valence electrons. The highest BCUT2D eigenvalue weighted by molar-refractivity contribution is 5.95. The summed E-state index contributed by atoms with van der Waals surface area (Å²) in [5.74, 6) is 0. The summed E-state index contributed by atoms with van der Waals surface area (Å²) in [7, 11) is 0. The highest BCUT2D eigenvalue weighted by Gasteiger charge is 2.02. The molecule has 0 fully saturated rings. The van der Waals surface area contributed by atoms with Gasteiger partial charge in [-0.05, 0) is 19.1 Å². The lowest BCUT2D eigenvalue weighted by Gasteiger charge is -1.91. The molecule has 0 aliphatic carbocycles. The number of pyridine rings is 1. The van der Waals surface area contributed by atoms with Crippen molar-refractivity contribution in [3.63, 3.8) is 0 Å². The first kappa shape index (κ1) is 7.03. The van der Waals surface area contributed by atoms with Gasteiger partial charge in [0, 0.05) is 22.8 Å². The fourth-order valence-corrected chi connectivity index (χ4v) is 1.22.